The van der Waals surface area contributed by atoms with Gasteiger partial charge in [-0.05, 0) is 25.8 Å². The van der Waals surface area contributed by atoms with Gasteiger partial charge in [0.15, 0.2) is 0 Å². The molecular weight excluding hydrogens is 242 g/mol. The van der Waals surface area contributed by atoms with E-state index >= 15 is 0 Å². The van der Waals surface area contributed by atoms with Crippen molar-refractivity contribution < 1.29 is 9.53 Å². The van der Waals surface area contributed by atoms with Gasteiger partial charge in [-0.15, -0.1) is 0 Å². The van der Waals surface area contributed by atoms with Gasteiger partial charge in [-0.3, -0.25) is 9.78 Å². The third kappa shape index (κ3) is 5.70. The first-order chi connectivity index (χ1) is 9.29. The summed E-state index contributed by atoms with van der Waals surface area (Å²) in [6.45, 7) is 6.88. The van der Waals surface area contributed by atoms with E-state index in [1.54, 1.807) is 18.5 Å². The maximum absolute atomic E-state index is 12.0. The van der Waals surface area contributed by atoms with Gasteiger partial charge in [0.25, 0.3) is 5.91 Å². The summed E-state index contributed by atoms with van der Waals surface area (Å²) in [4.78, 5) is 16.1. The standard InChI is InChI=1S/C14H23N3O2/c1-3-7-16-13-11-15-9-6-12(13)14(18)17-8-5-10-19-4-2/h6,9,11,16H,3-5,7-8,10H2,1-2H3,(H,17,18). The lowest BCUT2D eigenvalue weighted by Crippen LogP contribution is -2.26. The number of rotatable bonds is 9. The van der Waals surface area contributed by atoms with Gasteiger partial charge in [0.2, 0.25) is 0 Å². The highest BCUT2D eigenvalue weighted by atomic mass is 16.5. The Morgan fingerprint density at radius 2 is 2.21 bits per heavy atom. The Bertz CT molecular complexity index is 383. The number of carbonyl (C=O) groups excluding carboxylic acids is 1. The van der Waals surface area contributed by atoms with Crippen molar-refractivity contribution in [3.8, 4) is 0 Å². The van der Waals surface area contributed by atoms with E-state index in [0.29, 0.717) is 25.3 Å². The molecule has 0 aromatic carbocycles. The van der Waals surface area contributed by atoms with Crippen LogP contribution in [0.2, 0.25) is 0 Å². The minimum Gasteiger partial charge on any atom is -0.383 e. The van der Waals surface area contributed by atoms with Crippen LogP contribution >= 0.6 is 0 Å². The molecule has 0 aliphatic carbocycles. The first-order valence-electron chi connectivity index (χ1n) is 6.83. The molecule has 1 heterocycles. The number of amides is 1. The summed E-state index contributed by atoms with van der Waals surface area (Å²) in [5.74, 6) is -0.0718. The van der Waals surface area contributed by atoms with Crippen LogP contribution in [0, 0.1) is 0 Å². The van der Waals surface area contributed by atoms with Gasteiger partial charge >= 0.3 is 0 Å². The summed E-state index contributed by atoms with van der Waals surface area (Å²) in [7, 11) is 0. The SMILES string of the molecule is CCCNc1cnccc1C(=O)NCCCOCC. The average Bonchev–Trinajstić information content (AvgIpc) is 2.45. The lowest BCUT2D eigenvalue weighted by Gasteiger charge is -2.11. The van der Waals surface area contributed by atoms with Crippen molar-refractivity contribution in [1.82, 2.24) is 10.3 Å². The largest absolute Gasteiger partial charge is 0.383 e. The molecule has 0 unspecified atom stereocenters. The van der Waals surface area contributed by atoms with Gasteiger partial charge in [-0.25, -0.2) is 0 Å². The minimum atomic E-state index is -0.0718. The fraction of sp³-hybridized carbons (Fsp3) is 0.571. The molecule has 0 saturated heterocycles. The van der Waals surface area contributed by atoms with Crippen LogP contribution in [0.3, 0.4) is 0 Å². The van der Waals surface area contributed by atoms with Gasteiger partial charge < -0.3 is 15.4 Å². The number of anilines is 1. The van der Waals surface area contributed by atoms with Crippen molar-refractivity contribution in [2.45, 2.75) is 26.7 Å². The summed E-state index contributed by atoms with van der Waals surface area (Å²) < 4.78 is 5.22. The zero-order valence-corrected chi connectivity index (χ0v) is 11.7. The Labute approximate surface area is 114 Å². The van der Waals surface area contributed by atoms with Crippen LogP contribution in [0.15, 0.2) is 18.5 Å². The third-order valence-corrected chi connectivity index (χ3v) is 2.59. The number of nitrogens with zero attached hydrogens (tertiary/aromatic N) is 1. The van der Waals surface area contributed by atoms with E-state index < -0.39 is 0 Å². The van der Waals surface area contributed by atoms with Gasteiger partial charge in [-0.2, -0.15) is 0 Å². The lowest BCUT2D eigenvalue weighted by molar-refractivity contribution is 0.0945. The molecule has 0 spiro atoms. The Balaban J connectivity index is 2.46. The molecular formula is C14H23N3O2. The zero-order chi connectivity index (χ0) is 13.9. The van der Waals surface area contributed by atoms with Gasteiger partial charge in [-0.1, -0.05) is 6.92 Å². The zero-order valence-electron chi connectivity index (χ0n) is 11.7. The minimum absolute atomic E-state index is 0.0718. The van der Waals surface area contributed by atoms with Crippen LogP contribution in [-0.2, 0) is 4.74 Å². The molecule has 0 aliphatic rings. The third-order valence-electron chi connectivity index (χ3n) is 2.59. The summed E-state index contributed by atoms with van der Waals surface area (Å²) in [6.07, 6.45) is 5.14. The topological polar surface area (TPSA) is 63.2 Å². The van der Waals surface area contributed by atoms with Crippen molar-refractivity contribution in [2.75, 3.05) is 31.6 Å². The Morgan fingerprint density at radius 1 is 1.37 bits per heavy atom. The fourth-order valence-electron chi connectivity index (χ4n) is 1.61. The van der Waals surface area contributed by atoms with Crippen LogP contribution in [0.1, 0.15) is 37.0 Å². The monoisotopic (exact) mass is 265 g/mol. The Hall–Kier alpha value is -1.62. The molecule has 5 nitrogen and oxygen atoms in total. The number of hydrogen-bond acceptors (Lipinski definition) is 4. The summed E-state index contributed by atoms with van der Waals surface area (Å²) in [6, 6.07) is 1.73. The fourth-order valence-corrected chi connectivity index (χ4v) is 1.61. The van der Waals surface area contributed by atoms with Crippen LogP contribution < -0.4 is 10.6 Å². The smallest absolute Gasteiger partial charge is 0.253 e. The number of pyridine rings is 1. The highest BCUT2D eigenvalue weighted by molar-refractivity contribution is 5.99. The molecule has 1 amide bonds. The molecule has 1 aromatic rings. The number of ether oxygens (including phenoxy) is 1. The highest BCUT2D eigenvalue weighted by Crippen LogP contribution is 2.13. The van der Waals surface area contributed by atoms with E-state index in [9.17, 15) is 4.79 Å². The molecule has 0 aliphatic heterocycles. The predicted octanol–water partition coefficient (Wildman–Crippen LogP) is 2.06. The van der Waals surface area contributed by atoms with Crippen LogP contribution in [0.5, 0.6) is 0 Å². The molecule has 0 atom stereocenters. The van der Waals surface area contributed by atoms with Crippen LogP contribution in [0.25, 0.3) is 0 Å². The van der Waals surface area contributed by atoms with Crippen molar-refractivity contribution in [1.29, 1.82) is 0 Å². The normalized spacial score (nSPS) is 10.2. The molecule has 1 aromatic heterocycles. The molecule has 106 valence electrons. The maximum Gasteiger partial charge on any atom is 0.253 e. The second kappa shape index (κ2) is 9.33. The van der Waals surface area contributed by atoms with E-state index in [1.807, 2.05) is 6.92 Å². The average molecular weight is 265 g/mol. The van der Waals surface area contributed by atoms with Crippen molar-refractivity contribution >= 4 is 11.6 Å². The second-order valence-corrected chi connectivity index (χ2v) is 4.15. The Morgan fingerprint density at radius 3 is 2.95 bits per heavy atom. The Kier molecular flexibility index (Phi) is 7.58. The summed E-state index contributed by atoms with van der Waals surface area (Å²) in [5, 5.41) is 6.09. The van der Waals surface area contributed by atoms with E-state index in [4.69, 9.17) is 4.74 Å². The number of hydrogen-bond donors (Lipinski definition) is 2. The van der Waals surface area contributed by atoms with Crippen LogP contribution in [-0.4, -0.2) is 37.2 Å². The van der Waals surface area contributed by atoms with Crippen LogP contribution in [0.4, 0.5) is 5.69 Å². The first-order valence-corrected chi connectivity index (χ1v) is 6.83. The molecule has 2 N–H and O–H groups in total. The van der Waals surface area contributed by atoms with Crippen molar-refractivity contribution in [3.63, 3.8) is 0 Å². The molecule has 19 heavy (non-hydrogen) atoms. The summed E-state index contributed by atoms with van der Waals surface area (Å²) in [5.41, 5.74) is 1.42. The van der Waals surface area contributed by atoms with Crippen molar-refractivity contribution in [3.05, 3.63) is 24.0 Å². The molecule has 5 heteroatoms. The number of nitrogens with one attached hydrogen (secondary N) is 2. The first kappa shape index (κ1) is 15.4. The predicted molar refractivity (Wildman–Crippen MR) is 76.5 cm³/mol. The van der Waals surface area contributed by atoms with Gasteiger partial charge in [0.05, 0.1) is 17.4 Å². The molecule has 1 rings (SSSR count). The van der Waals surface area contributed by atoms with Crippen molar-refractivity contribution in [2.24, 2.45) is 0 Å². The molecule has 0 saturated carbocycles. The summed E-state index contributed by atoms with van der Waals surface area (Å²) >= 11 is 0. The van der Waals surface area contributed by atoms with E-state index in [0.717, 1.165) is 25.1 Å². The molecule has 0 bridgehead atoms. The quantitative estimate of drug-likeness (QED) is 0.671. The van der Waals surface area contributed by atoms with E-state index in [1.165, 1.54) is 0 Å². The number of aromatic nitrogens is 1. The van der Waals surface area contributed by atoms with Gasteiger partial charge in [0.1, 0.15) is 0 Å². The number of carbonyl (C=O) groups is 1. The van der Waals surface area contributed by atoms with E-state index in [-0.39, 0.29) is 5.91 Å². The van der Waals surface area contributed by atoms with E-state index in [2.05, 4.69) is 22.5 Å². The highest BCUT2D eigenvalue weighted by Gasteiger charge is 2.10. The lowest BCUT2D eigenvalue weighted by atomic mass is 10.2. The molecule has 0 fully saturated rings. The van der Waals surface area contributed by atoms with Gasteiger partial charge in [0, 0.05) is 32.5 Å². The molecule has 0 radical (unpaired) electrons. The second-order valence-electron chi connectivity index (χ2n) is 4.15. The maximum atomic E-state index is 12.0.